The van der Waals surface area contributed by atoms with Crippen molar-refractivity contribution in [3.05, 3.63) is 29.8 Å². The molecule has 0 spiro atoms. The molecule has 0 aliphatic heterocycles. The second-order valence-corrected chi connectivity index (χ2v) is 3.17. The molecular weight excluding hydrogens is 248 g/mol. The molecule has 0 unspecified atom stereocenters. The van der Waals surface area contributed by atoms with Crippen molar-refractivity contribution in [2.24, 2.45) is 0 Å². The van der Waals surface area contributed by atoms with E-state index in [4.69, 9.17) is 0 Å². The predicted molar refractivity (Wildman–Crippen MR) is 57.4 cm³/mol. The van der Waals surface area contributed by atoms with E-state index in [1.54, 1.807) is 0 Å². The largest absolute Gasteiger partial charge is 0.468 e. The Kier molecular flexibility index (Phi) is 5.04. The van der Waals surface area contributed by atoms with Crippen LogP contribution in [-0.2, 0) is 9.53 Å². The average molecular weight is 259 g/mol. The number of methoxy groups -OCH3 is 1. The van der Waals surface area contributed by atoms with E-state index in [1.165, 1.54) is 25.3 Å². The van der Waals surface area contributed by atoms with Gasteiger partial charge in [0.2, 0.25) is 0 Å². The van der Waals surface area contributed by atoms with E-state index in [2.05, 4.69) is 14.8 Å². The van der Waals surface area contributed by atoms with Gasteiger partial charge in [-0.15, -0.1) is 0 Å². The maximum absolute atomic E-state index is 12.0. The summed E-state index contributed by atoms with van der Waals surface area (Å²) in [5, 5.41) is 2.27. The van der Waals surface area contributed by atoms with E-state index in [-0.39, 0.29) is 17.9 Å². The minimum Gasteiger partial charge on any atom is -0.468 e. The fourth-order valence-corrected chi connectivity index (χ4v) is 1.14. The summed E-state index contributed by atoms with van der Waals surface area (Å²) in [7, 11) is 1.19. The first-order valence-electron chi connectivity index (χ1n) is 4.93. The Hall–Kier alpha value is -2.18. The van der Waals surface area contributed by atoms with Gasteiger partial charge in [-0.05, 0) is 18.2 Å². The van der Waals surface area contributed by atoms with Crippen molar-refractivity contribution < 1.29 is 27.8 Å². The van der Waals surface area contributed by atoms with Crippen molar-refractivity contribution in [3.63, 3.8) is 0 Å². The van der Waals surface area contributed by atoms with Crippen LogP contribution in [-0.4, -0.2) is 32.1 Å². The lowest BCUT2D eigenvalue weighted by Gasteiger charge is -2.07. The number of halogens is 2. The van der Waals surface area contributed by atoms with Gasteiger partial charge in [-0.1, -0.05) is 6.07 Å². The maximum Gasteiger partial charge on any atom is 0.387 e. The smallest absolute Gasteiger partial charge is 0.387 e. The zero-order valence-corrected chi connectivity index (χ0v) is 9.48. The summed E-state index contributed by atoms with van der Waals surface area (Å²) < 4.78 is 32.4. The number of benzene rings is 1. The number of hydrogen-bond donors (Lipinski definition) is 1. The first-order valence-corrected chi connectivity index (χ1v) is 4.93. The van der Waals surface area contributed by atoms with Gasteiger partial charge in [0.25, 0.3) is 5.91 Å². The third-order valence-electron chi connectivity index (χ3n) is 1.94. The van der Waals surface area contributed by atoms with E-state index in [0.29, 0.717) is 0 Å². The van der Waals surface area contributed by atoms with Crippen molar-refractivity contribution in [2.75, 3.05) is 13.7 Å². The van der Waals surface area contributed by atoms with Crippen LogP contribution in [0, 0.1) is 0 Å². The van der Waals surface area contributed by atoms with Crippen molar-refractivity contribution in [1.82, 2.24) is 5.32 Å². The molecule has 0 aliphatic carbocycles. The number of esters is 1. The van der Waals surface area contributed by atoms with E-state index >= 15 is 0 Å². The molecule has 18 heavy (non-hydrogen) atoms. The Bertz CT molecular complexity index is 437. The van der Waals surface area contributed by atoms with Crippen LogP contribution in [0.2, 0.25) is 0 Å². The molecule has 1 amide bonds. The molecule has 0 radical (unpaired) electrons. The van der Waals surface area contributed by atoms with Crippen LogP contribution in [0.15, 0.2) is 24.3 Å². The Morgan fingerprint density at radius 3 is 2.72 bits per heavy atom. The number of nitrogens with one attached hydrogen (secondary N) is 1. The number of carbonyl (C=O) groups is 2. The molecule has 0 saturated heterocycles. The van der Waals surface area contributed by atoms with Gasteiger partial charge in [0.15, 0.2) is 0 Å². The lowest BCUT2D eigenvalue weighted by atomic mass is 10.2. The van der Waals surface area contributed by atoms with Crippen LogP contribution in [0.25, 0.3) is 0 Å². The minimum atomic E-state index is -2.96. The predicted octanol–water partition coefficient (Wildman–Crippen LogP) is 1.19. The van der Waals surface area contributed by atoms with Crippen LogP contribution >= 0.6 is 0 Å². The zero-order valence-electron chi connectivity index (χ0n) is 9.48. The van der Waals surface area contributed by atoms with Gasteiger partial charge in [0, 0.05) is 5.56 Å². The third kappa shape index (κ3) is 4.36. The summed E-state index contributed by atoms with van der Waals surface area (Å²) in [6, 6.07) is 5.25. The van der Waals surface area contributed by atoms with Gasteiger partial charge in [-0.2, -0.15) is 8.78 Å². The maximum atomic E-state index is 12.0. The van der Waals surface area contributed by atoms with Crippen LogP contribution < -0.4 is 10.1 Å². The first kappa shape index (κ1) is 13.9. The van der Waals surface area contributed by atoms with Gasteiger partial charge < -0.3 is 14.8 Å². The summed E-state index contributed by atoms with van der Waals surface area (Å²) in [4.78, 5) is 22.3. The van der Waals surface area contributed by atoms with Crippen LogP contribution in [0.4, 0.5) is 8.78 Å². The first-order chi connectivity index (χ1) is 8.52. The average Bonchev–Trinajstić information content (AvgIpc) is 2.35. The van der Waals surface area contributed by atoms with Crippen molar-refractivity contribution in [3.8, 4) is 5.75 Å². The Morgan fingerprint density at radius 2 is 2.11 bits per heavy atom. The van der Waals surface area contributed by atoms with Crippen LogP contribution in [0.5, 0.6) is 5.75 Å². The molecule has 0 bridgehead atoms. The zero-order chi connectivity index (χ0) is 13.5. The summed E-state index contributed by atoms with van der Waals surface area (Å²) in [6.45, 7) is -3.26. The van der Waals surface area contributed by atoms with Gasteiger partial charge in [0.1, 0.15) is 12.3 Å². The summed E-state index contributed by atoms with van der Waals surface area (Å²) in [6.07, 6.45) is 0. The highest BCUT2D eigenvalue weighted by Crippen LogP contribution is 2.15. The second-order valence-electron chi connectivity index (χ2n) is 3.17. The van der Waals surface area contributed by atoms with Crippen LogP contribution in [0.3, 0.4) is 0 Å². The highest BCUT2D eigenvalue weighted by molar-refractivity contribution is 5.96. The van der Waals surface area contributed by atoms with Gasteiger partial charge in [-0.3, -0.25) is 9.59 Å². The van der Waals surface area contributed by atoms with Crippen LogP contribution in [0.1, 0.15) is 10.4 Å². The number of carbonyl (C=O) groups excluding carboxylic acids is 2. The molecule has 0 fully saturated rings. The molecule has 1 rings (SSSR count). The Morgan fingerprint density at radius 1 is 1.39 bits per heavy atom. The molecule has 1 aromatic rings. The number of amides is 1. The van der Waals surface area contributed by atoms with E-state index < -0.39 is 18.5 Å². The number of ether oxygens (including phenoxy) is 2. The number of rotatable bonds is 5. The van der Waals surface area contributed by atoms with Crippen molar-refractivity contribution in [2.45, 2.75) is 6.61 Å². The normalized spacial score (nSPS) is 10.0. The fraction of sp³-hybridized carbons (Fsp3) is 0.273. The molecule has 98 valence electrons. The quantitative estimate of drug-likeness (QED) is 0.807. The summed E-state index contributed by atoms with van der Waals surface area (Å²) in [5.74, 6) is -1.32. The van der Waals surface area contributed by atoms with E-state index in [9.17, 15) is 18.4 Å². The lowest BCUT2D eigenvalue weighted by molar-refractivity contribution is -0.139. The van der Waals surface area contributed by atoms with E-state index in [0.717, 1.165) is 6.07 Å². The molecular formula is C11H11F2NO4. The monoisotopic (exact) mass is 259 g/mol. The van der Waals surface area contributed by atoms with Gasteiger partial charge in [0.05, 0.1) is 7.11 Å². The molecule has 0 aromatic heterocycles. The van der Waals surface area contributed by atoms with Gasteiger partial charge >= 0.3 is 12.6 Å². The highest BCUT2D eigenvalue weighted by atomic mass is 19.3. The number of alkyl halides is 2. The van der Waals surface area contributed by atoms with Crippen molar-refractivity contribution in [1.29, 1.82) is 0 Å². The number of hydrogen-bond acceptors (Lipinski definition) is 4. The molecule has 0 atom stereocenters. The third-order valence-corrected chi connectivity index (χ3v) is 1.94. The topological polar surface area (TPSA) is 64.6 Å². The summed E-state index contributed by atoms with van der Waals surface area (Å²) in [5.41, 5.74) is 0.108. The lowest BCUT2D eigenvalue weighted by Crippen LogP contribution is -2.30. The molecule has 7 heteroatoms. The SMILES string of the molecule is COC(=O)CNC(=O)c1cccc(OC(F)F)c1. The minimum absolute atomic E-state index is 0.108. The van der Waals surface area contributed by atoms with E-state index in [1.807, 2.05) is 0 Å². The standard InChI is InChI=1S/C11H11F2NO4/c1-17-9(15)6-14-10(16)7-3-2-4-8(5-7)18-11(12)13/h2-5,11H,6H2,1H3,(H,14,16). The summed E-state index contributed by atoms with van der Waals surface area (Å²) >= 11 is 0. The van der Waals surface area contributed by atoms with Gasteiger partial charge in [-0.25, -0.2) is 0 Å². The molecule has 0 heterocycles. The van der Waals surface area contributed by atoms with Crippen molar-refractivity contribution >= 4 is 11.9 Å². The highest BCUT2D eigenvalue weighted by Gasteiger charge is 2.10. The fourth-order valence-electron chi connectivity index (χ4n) is 1.14. The molecule has 0 aliphatic rings. The molecule has 0 saturated carbocycles. The molecule has 1 N–H and O–H groups in total. The molecule has 5 nitrogen and oxygen atoms in total. The Balaban J connectivity index is 2.65. The second kappa shape index (κ2) is 6.53. The Labute approximate surface area is 102 Å². The molecule has 1 aromatic carbocycles.